The minimum absolute atomic E-state index is 0.0571. The molecule has 4 atom stereocenters. The zero-order valence-electron chi connectivity index (χ0n) is 20.3. The Kier molecular flexibility index (Phi) is 5.69. The van der Waals surface area contributed by atoms with Gasteiger partial charge in [0.05, 0.1) is 23.6 Å². The van der Waals surface area contributed by atoms with Gasteiger partial charge in [-0.2, -0.15) is 4.98 Å². The van der Waals surface area contributed by atoms with Crippen molar-refractivity contribution in [3.8, 4) is 23.0 Å². The van der Waals surface area contributed by atoms with Crippen LogP contribution < -0.4 is 14.8 Å². The van der Waals surface area contributed by atoms with E-state index in [1.54, 1.807) is 16.9 Å². The Morgan fingerprint density at radius 1 is 1.17 bits per heavy atom. The summed E-state index contributed by atoms with van der Waals surface area (Å²) in [5.74, 6) is 2.12. The smallest absolute Gasteiger partial charge is 0.303 e. The molecule has 0 radical (unpaired) electrons. The van der Waals surface area contributed by atoms with Crippen LogP contribution in [0, 0.1) is 24.7 Å². The van der Waals surface area contributed by atoms with E-state index in [0.29, 0.717) is 41.6 Å². The van der Waals surface area contributed by atoms with Crippen molar-refractivity contribution in [3.63, 3.8) is 0 Å². The molecular formula is C25H29N7O4. The third-order valence-corrected chi connectivity index (χ3v) is 7.38. The van der Waals surface area contributed by atoms with Crippen LogP contribution in [0.2, 0.25) is 0 Å². The monoisotopic (exact) mass is 491 g/mol. The molecule has 3 saturated carbocycles. The Morgan fingerprint density at radius 2 is 2.03 bits per heavy atom. The first kappa shape index (κ1) is 22.7. The van der Waals surface area contributed by atoms with Gasteiger partial charge in [0, 0.05) is 31.6 Å². The van der Waals surface area contributed by atoms with Crippen LogP contribution in [0.3, 0.4) is 0 Å². The molecule has 3 heterocycles. The number of carbonyl (C=O) groups is 1. The van der Waals surface area contributed by atoms with E-state index in [0.717, 1.165) is 42.8 Å². The molecule has 188 valence electrons. The molecule has 3 aromatic rings. The van der Waals surface area contributed by atoms with Gasteiger partial charge in [0.2, 0.25) is 11.8 Å². The minimum atomic E-state index is -0.726. The van der Waals surface area contributed by atoms with E-state index >= 15 is 0 Å². The molecule has 2 N–H and O–H groups in total. The van der Waals surface area contributed by atoms with Crippen LogP contribution in [0.25, 0.3) is 11.4 Å². The fourth-order valence-corrected chi connectivity index (χ4v) is 5.36. The summed E-state index contributed by atoms with van der Waals surface area (Å²) >= 11 is 0. The predicted molar refractivity (Wildman–Crippen MR) is 128 cm³/mol. The van der Waals surface area contributed by atoms with Gasteiger partial charge in [0.15, 0.2) is 0 Å². The van der Waals surface area contributed by atoms with Crippen LogP contribution in [0.5, 0.6) is 11.6 Å². The molecule has 0 saturated heterocycles. The summed E-state index contributed by atoms with van der Waals surface area (Å²) in [6.45, 7) is 2.33. The van der Waals surface area contributed by atoms with Crippen molar-refractivity contribution in [2.45, 2.75) is 57.8 Å². The highest BCUT2D eigenvalue weighted by Gasteiger charge is 2.59. The lowest BCUT2D eigenvalue weighted by Crippen LogP contribution is -2.19. The first-order valence-corrected chi connectivity index (χ1v) is 12.4. The van der Waals surface area contributed by atoms with E-state index in [-0.39, 0.29) is 24.5 Å². The summed E-state index contributed by atoms with van der Waals surface area (Å²) in [6.07, 6.45) is 6.37. The molecule has 0 aromatic carbocycles. The number of aryl methyl sites for hydroxylation is 2. The van der Waals surface area contributed by atoms with Crippen molar-refractivity contribution < 1.29 is 19.4 Å². The molecule has 1 unspecified atom stereocenters. The molecule has 11 heteroatoms. The second-order valence-electron chi connectivity index (χ2n) is 9.91. The SMILES string of the molecule is Cc1nc(-c2nnn(C)c2CNc2nccc(OC3CC3)n2)ccc1O[C@@H]1CC[C@H]2C(CC(=O)O)[C@@H]12. The maximum atomic E-state index is 11.1. The summed E-state index contributed by atoms with van der Waals surface area (Å²) in [4.78, 5) is 24.6. The van der Waals surface area contributed by atoms with Crippen molar-refractivity contribution in [1.29, 1.82) is 0 Å². The summed E-state index contributed by atoms with van der Waals surface area (Å²) in [7, 11) is 1.84. The lowest BCUT2D eigenvalue weighted by atomic mass is 10.1. The van der Waals surface area contributed by atoms with Crippen LogP contribution in [0.15, 0.2) is 24.4 Å². The molecule has 3 fully saturated rings. The molecule has 0 amide bonds. The van der Waals surface area contributed by atoms with Crippen LogP contribution in [0.1, 0.15) is 43.5 Å². The zero-order chi connectivity index (χ0) is 24.8. The quantitative estimate of drug-likeness (QED) is 0.435. The fourth-order valence-electron chi connectivity index (χ4n) is 5.36. The third kappa shape index (κ3) is 4.57. The van der Waals surface area contributed by atoms with Gasteiger partial charge in [-0.25, -0.2) is 14.6 Å². The van der Waals surface area contributed by atoms with Crippen molar-refractivity contribution in [2.75, 3.05) is 5.32 Å². The Labute approximate surface area is 208 Å². The van der Waals surface area contributed by atoms with Crippen LogP contribution in [0.4, 0.5) is 5.95 Å². The highest BCUT2D eigenvalue weighted by molar-refractivity contribution is 5.67. The summed E-state index contributed by atoms with van der Waals surface area (Å²) in [6, 6.07) is 5.58. The number of carboxylic acids is 1. The normalized spacial score (nSPS) is 24.3. The van der Waals surface area contributed by atoms with Gasteiger partial charge in [-0.15, -0.1) is 5.10 Å². The number of nitrogens with zero attached hydrogens (tertiary/aromatic N) is 6. The van der Waals surface area contributed by atoms with E-state index in [1.165, 1.54) is 0 Å². The molecule has 11 nitrogen and oxygen atoms in total. The van der Waals surface area contributed by atoms with Gasteiger partial charge in [0.1, 0.15) is 23.7 Å². The highest BCUT2D eigenvalue weighted by Crippen LogP contribution is 2.60. The lowest BCUT2D eigenvalue weighted by molar-refractivity contribution is -0.137. The molecule has 3 aromatic heterocycles. The first-order chi connectivity index (χ1) is 17.5. The summed E-state index contributed by atoms with van der Waals surface area (Å²) < 4.78 is 13.8. The fraction of sp³-hybridized carbons (Fsp3) is 0.520. The van der Waals surface area contributed by atoms with Crippen molar-refractivity contribution in [2.24, 2.45) is 24.8 Å². The second kappa shape index (κ2) is 9.03. The number of aliphatic carboxylic acids is 1. The molecule has 36 heavy (non-hydrogen) atoms. The maximum absolute atomic E-state index is 11.1. The first-order valence-electron chi connectivity index (χ1n) is 12.4. The Balaban J connectivity index is 1.13. The van der Waals surface area contributed by atoms with Crippen LogP contribution >= 0.6 is 0 Å². The number of nitrogens with one attached hydrogen (secondary N) is 1. The number of hydrogen-bond acceptors (Lipinski definition) is 9. The number of pyridine rings is 1. The zero-order valence-corrected chi connectivity index (χ0v) is 20.3. The number of rotatable bonds is 10. The molecule has 0 spiro atoms. The molecule has 3 aliphatic rings. The molecule has 6 rings (SSSR count). The topological polar surface area (TPSA) is 137 Å². The van der Waals surface area contributed by atoms with E-state index in [1.807, 2.05) is 26.1 Å². The largest absolute Gasteiger partial charge is 0.488 e. The number of ether oxygens (including phenoxy) is 2. The van der Waals surface area contributed by atoms with Crippen molar-refractivity contribution in [1.82, 2.24) is 29.9 Å². The third-order valence-electron chi connectivity index (χ3n) is 7.38. The number of aromatic nitrogens is 6. The lowest BCUT2D eigenvalue weighted by Gasteiger charge is -2.18. The van der Waals surface area contributed by atoms with Crippen molar-refractivity contribution in [3.05, 3.63) is 35.8 Å². The second-order valence-corrected chi connectivity index (χ2v) is 9.91. The standard InChI is InChI=1S/C25H29N7O4/c1-13-19(36-20-7-5-15-16(23(15)20)11-22(33)34)8-6-17(28-13)24-18(32(2)31-30-24)12-27-25-26-10-9-21(29-25)35-14-3-4-14/h6,8-10,14-16,20,23H,3-5,7,11-12H2,1-2H3,(H,33,34)(H,26,27,29)/t15-,16?,20+,23-/m0/s1. The van der Waals surface area contributed by atoms with Gasteiger partial charge in [-0.3, -0.25) is 4.79 Å². The van der Waals surface area contributed by atoms with Gasteiger partial charge in [-0.05, 0) is 56.6 Å². The Morgan fingerprint density at radius 3 is 2.81 bits per heavy atom. The molecule has 3 aliphatic carbocycles. The number of carboxylic acid groups (broad SMARTS) is 1. The molecule has 0 bridgehead atoms. The average molecular weight is 492 g/mol. The van der Waals surface area contributed by atoms with Crippen LogP contribution in [-0.2, 0) is 18.4 Å². The number of hydrogen-bond donors (Lipinski definition) is 2. The van der Waals surface area contributed by atoms with Crippen LogP contribution in [-0.4, -0.2) is 53.2 Å². The maximum Gasteiger partial charge on any atom is 0.303 e. The van der Waals surface area contributed by atoms with Gasteiger partial charge in [0.25, 0.3) is 0 Å². The summed E-state index contributed by atoms with van der Waals surface area (Å²) in [5, 5.41) is 20.9. The van der Waals surface area contributed by atoms with E-state index < -0.39 is 5.97 Å². The molecule has 0 aliphatic heterocycles. The van der Waals surface area contributed by atoms with E-state index in [9.17, 15) is 4.79 Å². The predicted octanol–water partition coefficient (Wildman–Crippen LogP) is 3.01. The number of anilines is 1. The Hall–Kier alpha value is -3.76. The van der Waals surface area contributed by atoms with Gasteiger partial charge in [-0.1, -0.05) is 5.21 Å². The molecular weight excluding hydrogens is 462 g/mol. The Bertz CT molecular complexity index is 1290. The van der Waals surface area contributed by atoms with E-state index in [4.69, 9.17) is 19.6 Å². The average Bonchev–Trinajstić information content (AvgIpc) is 3.70. The van der Waals surface area contributed by atoms with Gasteiger partial charge < -0.3 is 19.9 Å². The van der Waals surface area contributed by atoms with Gasteiger partial charge >= 0.3 is 5.97 Å². The minimum Gasteiger partial charge on any atom is -0.488 e. The van der Waals surface area contributed by atoms with Crippen molar-refractivity contribution >= 4 is 11.9 Å². The number of fused-ring (bicyclic) bond motifs is 1. The highest BCUT2D eigenvalue weighted by atomic mass is 16.5. The summed E-state index contributed by atoms with van der Waals surface area (Å²) in [5.41, 5.74) is 3.00. The van der Waals surface area contributed by atoms with E-state index in [2.05, 4.69) is 25.6 Å².